The van der Waals surface area contributed by atoms with E-state index in [9.17, 15) is 9.59 Å². The highest BCUT2D eigenvalue weighted by molar-refractivity contribution is 5.78. The molecule has 34 heavy (non-hydrogen) atoms. The molecule has 2 heterocycles. The third-order valence-electron chi connectivity index (χ3n) is 6.79. The zero-order valence-corrected chi connectivity index (χ0v) is 21.1. The second-order valence-electron chi connectivity index (χ2n) is 10.3. The number of nitrogens with one attached hydrogen (secondary N) is 1. The van der Waals surface area contributed by atoms with Crippen molar-refractivity contribution in [2.45, 2.75) is 78.1 Å². The van der Waals surface area contributed by atoms with Crippen molar-refractivity contribution in [2.75, 3.05) is 26.7 Å². The number of likely N-dealkylation sites (tertiary alicyclic amines) is 1. The molecule has 1 aromatic carbocycles. The van der Waals surface area contributed by atoms with Gasteiger partial charge in [0.25, 0.3) is 6.47 Å². The molecule has 1 unspecified atom stereocenters. The minimum absolute atomic E-state index is 0.0141. The lowest BCUT2D eigenvalue weighted by molar-refractivity contribution is -0.132. The molecule has 0 saturated carbocycles. The molecule has 1 N–H and O–H groups in total. The Balaban J connectivity index is 1.46. The van der Waals surface area contributed by atoms with Crippen LogP contribution >= 0.6 is 0 Å². The number of hydrogen-bond acceptors (Lipinski definition) is 6. The van der Waals surface area contributed by atoms with Crippen LogP contribution in [0.4, 0.5) is 0 Å². The number of carbonyl (C=O) groups excluding carboxylic acids is 2. The number of rotatable bonds is 11. The predicted molar refractivity (Wildman–Crippen MR) is 131 cm³/mol. The topological polar surface area (TPSA) is 71.1 Å². The third-order valence-corrected chi connectivity index (χ3v) is 6.79. The molecule has 7 heteroatoms. The molecule has 186 valence electrons. The first-order chi connectivity index (χ1) is 16.3. The average Bonchev–Trinajstić information content (AvgIpc) is 3.39. The van der Waals surface area contributed by atoms with Crippen LogP contribution in [0.1, 0.15) is 63.1 Å². The van der Waals surface area contributed by atoms with Gasteiger partial charge in [-0.1, -0.05) is 38.5 Å². The number of ether oxygens (including phenoxy) is 2. The van der Waals surface area contributed by atoms with Crippen LogP contribution in [0.3, 0.4) is 0 Å². The minimum Gasteiger partial charge on any atom is -0.467 e. The molecule has 2 aliphatic heterocycles. The van der Waals surface area contributed by atoms with Crippen molar-refractivity contribution in [3.05, 3.63) is 34.9 Å². The standard InChI is InChI=1S/C27H39N3O4/c1-21-14-24(17-30(21)26(32)15-28-4)34-13-12-29-16-23-10-7-9-22(25(23)18-29)8-5-6-11-27(2,3)19-33-20-31/h7,9-10,20-21,24,28H,5-6,8,11,14-19H2,1-4H3/t21?,24-/m1/s1. The Morgan fingerprint density at radius 2 is 2.12 bits per heavy atom. The first-order valence-electron chi connectivity index (χ1n) is 12.3. The van der Waals surface area contributed by atoms with Gasteiger partial charge >= 0.3 is 0 Å². The Kier molecular flexibility index (Phi) is 9.23. The van der Waals surface area contributed by atoms with Gasteiger partial charge in [-0.2, -0.15) is 0 Å². The van der Waals surface area contributed by atoms with Gasteiger partial charge in [0.05, 0.1) is 38.8 Å². The van der Waals surface area contributed by atoms with Gasteiger partial charge < -0.3 is 24.6 Å². The summed E-state index contributed by atoms with van der Waals surface area (Å²) in [6, 6.07) is 9.90. The molecule has 2 aliphatic rings. The van der Waals surface area contributed by atoms with E-state index in [1.807, 2.05) is 4.90 Å². The van der Waals surface area contributed by atoms with E-state index in [2.05, 4.69) is 61.3 Å². The van der Waals surface area contributed by atoms with Gasteiger partial charge in [-0.15, -0.1) is 0 Å². The Bertz CT molecular complexity index is 905. The first-order valence-corrected chi connectivity index (χ1v) is 12.3. The van der Waals surface area contributed by atoms with Crippen LogP contribution in [0, 0.1) is 17.6 Å². The summed E-state index contributed by atoms with van der Waals surface area (Å²) < 4.78 is 10.8. The number of likely N-dealkylation sites (N-methyl/N-ethyl adjacent to an activating group) is 1. The molecule has 1 aromatic rings. The normalized spacial score (nSPS) is 19.4. The van der Waals surface area contributed by atoms with E-state index in [0.717, 1.165) is 45.2 Å². The van der Waals surface area contributed by atoms with Gasteiger partial charge in [0.2, 0.25) is 5.91 Å². The lowest BCUT2D eigenvalue weighted by atomic mass is 9.87. The summed E-state index contributed by atoms with van der Waals surface area (Å²) in [4.78, 5) is 26.6. The zero-order valence-electron chi connectivity index (χ0n) is 21.1. The van der Waals surface area contributed by atoms with Crippen molar-refractivity contribution in [3.8, 4) is 12.2 Å². The number of unbranched alkanes of at least 4 members (excludes halogenated alkanes) is 1. The van der Waals surface area contributed by atoms with Crippen LogP contribution < -0.4 is 5.32 Å². The number of amides is 1. The van der Waals surface area contributed by atoms with Crippen LogP contribution in [0.15, 0.2) is 18.2 Å². The highest BCUT2D eigenvalue weighted by Crippen LogP contribution is 2.28. The maximum absolute atomic E-state index is 12.2. The Hall–Kier alpha value is -2.72. The van der Waals surface area contributed by atoms with Crippen molar-refractivity contribution in [1.29, 1.82) is 0 Å². The van der Waals surface area contributed by atoms with E-state index in [-0.39, 0.29) is 23.5 Å². The van der Waals surface area contributed by atoms with Gasteiger partial charge in [-0.25, -0.2) is 0 Å². The quantitative estimate of drug-likeness (QED) is 0.305. The van der Waals surface area contributed by atoms with Crippen molar-refractivity contribution in [3.63, 3.8) is 0 Å². The van der Waals surface area contributed by atoms with Crippen LogP contribution in [0.5, 0.6) is 0 Å². The molecule has 0 aromatic heterocycles. The minimum atomic E-state index is -0.0370. The first kappa shape index (κ1) is 25.9. The molecule has 7 nitrogen and oxygen atoms in total. The SMILES string of the molecule is CNCC(=O)N1C[C@H](OC#CN2Cc3cccc(CCCCC(C)(C)COC=O)c3C2)CC1C. The van der Waals surface area contributed by atoms with Gasteiger partial charge in [0.15, 0.2) is 0 Å². The second-order valence-corrected chi connectivity index (χ2v) is 10.3. The lowest BCUT2D eigenvalue weighted by Gasteiger charge is -2.22. The second kappa shape index (κ2) is 12.1. The number of nitrogens with zero attached hydrogens (tertiary/aromatic N) is 2. The molecule has 0 bridgehead atoms. The fraction of sp³-hybridized carbons (Fsp3) is 0.630. The predicted octanol–water partition coefficient (Wildman–Crippen LogP) is 3.06. The molecule has 0 aliphatic carbocycles. The largest absolute Gasteiger partial charge is 0.467 e. The van der Waals surface area contributed by atoms with Crippen LogP contribution in [-0.4, -0.2) is 61.1 Å². The van der Waals surface area contributed by atoms with Crippen molar-refractivity contribution in [2.24, 2.45) is 5.41 Å². The van der Waals surface area contributed by atoms with Crippen molar-refractivity contribution >= 4 is 12.4 Å². The molecule has 1 amide bonds. The summed E-state index contributed by atoms with van der Waals surface area (Å²) in [5, 5.41) is 2.92. The lowest BCUT2D eigenvalue weighted by Crippen LogP contribution is -2.39. The molecule has 3 rings (SSSR count). The van der Waals surface area contributed by atoms with E-state index in [1.165, 1.54) is 16.7 Å². The van der Waals surface area contributed by atoms with Crippen molar-refractivity contribution in [1.82, 2.24) is 15.1 Å². The molecule has 0 radical (unpaired) electrons. The summed E-state index contributed by atoms with van der Waals surface area (Å²) in [5.74, 6) is 0.106. The molecular weight excluding hydrogens is 430 g/mol. The molecule has 0 spiro atoms. The average molecular weight is 470 g/mol. The summed E-state index contributed by atoms with van der Waals surface area (Å²) in [6.07, 6.45) is 7.97. The van der Waals surface area contributed by atoms with Crippen LogP contribution in [0.25, 0.3) is 0 Å². The van der Waals surface area contributed by atoms with Gasteiger partial charge in [0.1, 0.15) is 12.2 Å². The van der Waals surface area contributed by atoms with E-state index >= 15 is 0 Å². The fourth-order valence-electron chi connectivity index (χ4n) is 4.90. The summed E-state index contributed by atoms with van der Waals surface area (Å²) >= 11 is 0. The van der Waals surface area contributed by atoms with Gasteiger partial charge in [-0.3, -0.25) is 9.59 Å². The Morgan fingerprint density at radius 3 is 2.88 bits per heavy atom. The fourth-order valence-corrected chi connectivity index (χ4v) is 4.90. The summed E-state index contributed by atoms with van der Waals surface area (Å²) in [6.45, 7) is 9.91. The zero-order chi connectivity index (χ0) is 24.6. The number of aryl methyl sites for hydroxylation is 1. The summed E-state index contributed by atoms with van der Waals surface area (Å²) in [5.41, 5.74) is 4.14. The Morgan fingerprint density at radius 1 is 1.29 bits per heavy atom. The van der Waals surface area contributed by atoms with E-state index in [0.29, 0.717) is 26.2 Å². The number of hydrogen-bond donors (Lipinski definition) is 1. The monoisotopic (exact) mass is 469 g/mol. The third kappa shape index (κ3) is 7.14. The highest BCUT2D eigenvalue weighted by atomic mass is 16.5. The van der Waals surface area contributed by atoms with Gasteiger partial charge in [0, 0.05) is 12.5 Å². The van der Waals surface area contributed by atoms with E-state index < -0.39 is 0 Å². The maximum Gasteiger partial charge on any atom is 0.293 e. The molecule has 2 atom stereocenters. The van der Waals surface area contributed by atoms with Gasteiger partial charge in [-0.05, 0) is 55.3 Å². The molecule has 1 fully saturated rings. The number of benzene rings is 1. The smallest absolute Gasteiger partial charge is 0.293 e. The number of carbonyl (C=O) groups is 2. The maximum atomic E-state index is 12.2. The van der Waals surface area contributed by atoms with E-state index in [4.69, 9.17) is 9.47 Å². The molecule has 1 saturated heterocycles. The molecular formula is C27H39N3O4. The number of fused-ring (bicyclic) bond motifs is 1. The van der Waals surface area contributed by atoms with Crippen LogP contribution in [-0.2, 0) is 38.6 Å². The van der Waals surface area contributed by atoms with Crippen molar-refractivity contribution < 1.29 is 19.1 Å². The van der Waals surface area contributed by atoms with E-state index in [1.54, 1.807) is 7.05 Å². The summed E-state index contributed by atoms with van der Waals surface area (Å²) in [7, 11) is 1.78. The highest BCUT2D eigenvalue weighted by Gasteiger charge is 2.33. The van der Waals surface area contributed by atoms with Crippen LogP contribution in [0.2, 0.25) is 0 Å². The Labute approximate surface area is 204 Å².